The number of carbonyl (C=O) groups is 1. The lowest BCUT2D eigenvalue weighted by Gasteiger charge is -2.04. The van der Waals surface area contributed by atoms with E-state index < -0.39 is 0 Å². The average Bonchev–Trinajstić information content (AvgIpc) is 3.00. The van der Waals surface area contributed by atoms with Crippen LogP contribution in [0.15, 0.2) is 54.9 Å². The van der Waals surface area contributed by atoms with E-state index >= 15 is 0 Å². The predicted octanol–water partition coefficient (Wildman–Crippen LogP) is 2.76. The fourth-order valence-corrected chi connectivity index (χ4v) is 2.06. The highest BCUT2D eigenvalue weighted by atomic mass is 16.5. The third-order valence-corrected chi connectivity index (χ3v) is 3.09. The second-order valence-corrected chi connectivity index (χ2v) is 4.41. The van der Waals surface area contributed by atoms with E-state index in [0.29, 0.717) is 17.0 Å². The second-order valence-electron chi connectivity index (χ2n) is 4.41. The van der Waals surface area contributed by atoms with Crippen molar-refractivity contribution >= 4 is 6.29 Å². The summed E-state index contributed by atoms with van der Waals surface area (Å²) in [6, 6.07) is 13.0. The molecule has 0 aliphatic heterocycles. The molecule has 3 rings (SSSR count). The predicted molar refractivity (Wildman–Crippen MR) is 78.7 cm³/mol. The number of hydrogen-bond acceptors (Lipinski definition) is 4. The molecule has 0 saturated carbocycles. The molecule has 0 N–H and O–H groups in total. The van der Waals surface area contributed by atoms with Crippen molar-refractivity contribution in [2.75, 3.05) is 7.11 Å². The molecule has 0 bridgehead atoms. The lowest BCUT2D eigenvalue weighted by atomic mass is 10.2. The molecule has 0 spiro atoms. The molecule has 5 nitrogen and oxygen atoms in total. The van der Waals surface area contributed by atoms with E-state index in [0.717, 1.165) is 17.7 Å². The normalized spacial score (nSPS) is 10.3. The molecule has 1 aromatic carbocycles. The first-order chi connectivity index (χ1) is 10.3. The summed E-state index contributed by atoms with van der Waals surface area (Å²) in [6.07, 6.45) is 4.15. The largest absolute Gasteiger partial charge is 0.497 e. The van der Waals surface area contributed by atoms with E-state index in [1.54, 1.807) is 24.2 Å². The van der Waals surface area contributed by atoms with Crippen molar-refractivity contribution in [1.82, 2.24) is 14.8 Å². The van der Waals surface area contributed by atoms with Crippen LogP contribution >= 0.6 is 0 Å². The van der Waals surface area contributed by atoms with Crippen molar-refractivity contribution in [1.29, 1.82) is 0 Å². The Bertz CT molecular complexity index is 766. The van der Waals surface area contributed by atoms with Crippen molar-refractivity contribution < 1.29 is 9.53 Å². The smallest absolute Gasteiger partial charge is 0.153 e. The van der Waals surface area contributed by atoms with Crippen LogP contribution in [0.1, 0.15) is 10.4 Å². The summed E-state index contributed by atoms with van der Waals surface area (Å²) in [5.41, 5.74) is 2.55. The van der Waals surface area contributed by atoms with Crippen molar-refractivity contribution in [2.24, 2.45) is 0 Å². The zero-order chi connectivity index (χ0) is 14.7. The Morgan fingerprint density at radius 2 is 2.10 bits per heavy atom. The van der Waals surface area contributed by atoms with Gasteiger partial charge < -0.3 is 4.74 Å². The zero-order valence-electron chi connectivity index (χ0n) is 11.4. The average molecular weight is 279 g/mol. The molecule has 0 radical (unpaired) electrons. The van der Waals surface area contributed by atoms with E-state index in [1.165, 1.54) is 0 Å². The molecular weight excluding hydrogens is 266 g/mol. The standard InChI is InChI=1S/C16H13N3O2/c1-21-14-6-4-5-13(9-14)19-10-12(11-20)16(18-19)15-7-2-3-8-17-15/h2-11H,1H3. The Morgan fingerprint density at radius 1 is 1.19 bits per heavy atom. The van der Waals surface area contributed by atoms with E-state index in [9.17, 15) is 4.79 Å². The van der Waals surface area contributed by atoms with Gasteiger partial charge in [-0.25, -0.2) is 4.68 Å². The molecule has 0 aliphatic carbocycles. The first-order valence-corrected chi connectivity index (χ1v) is 6.42. The van der Waals surface area contributed by atoms with Crippen LogP contribution in [0, 0.1) is 0 Å². The maximum atomic E-state index is 11.3. The van der Waals surface area contributed by atoms with Gasteiger partial charge in [-0.2, -0.15) is 5.10 Å². The maximum absolute atomic E-state index is 11.3. The summed E-state index contributed by atoms with van der Waals surface area (Å²) < 4.78 is 6.85. The van der Waals surface area contributed by atoms with Gasteiger partial charge in [-0.3, -0.25) is 9.78 Å². The molecule has 0 saturated heterocycles. The number of aromatic nitrogens is 3. The van der Waals surface area contributed by atoms with Crippen molar-refractivity contribution in [3.63, 3.8) is 0 Å². The highest BCUT2D eigenvalue weighted by molar-refractivity contribution is 5.84. The van der Waals surface area contributed by atoms with Gasteiger partial charge in [0, 0.05) is 18.5 Å². The maximum Gasteiger partial charge on any atom is 0.153 e. The Labute approximate surface area is 121 Å². The Hall–Kier alpha value is -2.95. The van der Waals surface area contributed by atoms with E-state index in [1.807, 2.05) is 42.5 Å². The van der Waals surface area contributed by atoms with Crippen molar-refractivity contribution in [3.8, 4) is 22.8 Å². The van der Waals surface area contributed by atoms with Crippen LogP contribution in [0.4, 0.5) is 0 Å². The summed E-state index contributed by atoms with van der Waals surface area (Å²) in [5.74, 6) is 0.732. The minimum Gasteiger partial charge on any atom is -0.497 e. The van der Waals surface area contributed by atoms with Crippen LogP contribution in [0.5, 0.6) is 5.75 Å². The number of hydrogen-bond donors (Lipinski definition) is 0. The molecule has 0 aliphatic rings. The number of nitrogens with zero attached hydrogens (tertiary/aromatic N) is 3. The number of aldehydes is 1. The molecule has 0 fully saturated rings. The van der Waals surface area contributed by atoms with Gasteiger partial charge in [0.2, 0.25) is 0 Å². The van der Waals surface area contributed by atoms with E-state index in [2.05, 4.69) is 10.1 Å². The Morgan fingerprint density at radius 3 is 2.81 bits per heavy atom. The number of carbonyl (C=O) groups excluding carboxylic acids is 1. The number of methoxy groups -OCH3 is 1. The van der Waals surface area contributed by atoms with Crippen LogP contribution in [-0.4, -0.2) is 28.2 Å². The first kappa shape index (κ1) is 13.1. The summed E-state index contributed by atoms with van der Waals surface area (Å²) in [4.78, 5) is 15.5. The van der Waals surface area contributed by atoms with Gasteiger partial charge in [-0.1, -0.05) is 12.1 Å². The lowest BCUT2D eigenvalue weighted by Crippen LogP contribution is -1.96. The third kappa shape index (κ3) is 2.53. The molecule has 2 heterocycles. The van der Waals surface area contributed by atoms with Gasteiger partial charge in [-0.05, 0) is 24.3 Å². The molecular formula is C16H13N3O2. The van der Waals surface area contributed by atoms with Crippen LogP contribution in [-0.2, 0) is 0 Å². The van der Waals surface area contributed by atoms with Crippen LogP contribution < -0.4 is 4.74 Å². The van der Waals surface area contributed by atoms with E-state index in [-0.39, 0.29) is 0 Å². The minimum atomic E-state index is 0.497. The Balaban J connectivity index is 2.09. The number of rotatable bonds is 4. The van der Waals surface area contributed by atoms with Crippen LogP contribution in [0.2, 0.25) is 0 Å². The summed E-state index contributed by atoms with van der Waals surface area (Å²) in [7, 11) is 1.61. The number of pyridine rings is 1. The van der Waals surface area contributed by atoms with Gasteiger partial charge in [0.15, 0.2) is 6.29 Å². The summed E-state index contributed by atoms with van der Waals surface area (Å²) in [6.45, 7) is 0. The number of benzene rings is 1. The first-order valence-electron chi connectivity index (χ1n) is 6.42. The van der Waals surface area contributed by atoms with Gasteiger partial charge >= 0.3 is 0 Å². The van der Waals surface area contributed by atoms with Crippen molar-refractivity contribution in [2.45, 2.75) is 0 Å². The zero-order valence-corrected chi connectivity index (χ0v) is 11.4. The molecule has 104 valence electrons. The fourth-order valence-electron chi connectivity index (χ4n) is 2.06. The third-order valence-electron chi connectivity index (χ3n) is 3.09. The minimum absolute atomic E-state index is 0.497. The highest BCUT2D eigenvalue weighted by Gasteiger charge is 2.12. The Kier molecular flexibility index (Phi) is 3.47. The number of ether oxygens (including phenoxy) is 1. The van der Waals surface area contributed by atoms with Gasteiger partial charge in [0.1, 0.15) is 11.4 Å². The van der Waals surface area contributed by atoms with Crippen LogP contribution in [0.3, 0.4) is 0 Å². The highest BCUT2D eigenvalue weighted by Crippen LogP contribution is 2.22. The van der Waals surface area contributed by atoms with Gasteiger partial charge in [0.25, 0.3) is 0 Å². The summed E-state index contributed by atoms with van der Waals surface area (Å²) >= 11 is 0. The molecule has 2 aromatic heterocycles. The molecule has 0 unspecified atom stereocenters. The van der Waals surface area contributed by atoms with Crippen LogP contribution in [0.25, 0.3) is 17.1 Å². The van der Waals surface area contributed by atoms with Crippen molar-refractivity contribution in [3.05, 3.63) is 60.4 Å². The van der Waals surface area contributed by atoms with Gasteiger partial charge in [-0.15, -0.1) is 0 Å². The second kappa shape index (κ2) is 5.58. The quantitative estimate of drug-likeness (QED) is 0.689. The molecule has 5 heteroatoms. The van der Waals surface area contributed by atoms with E-state index in [4.69, 9.17) is 4.74 Å². The topological polar surface area (TPSA) is 57.0 Å². The molecule has 0 atom stereocenters. The SMILES string of the molecule is COc1cccc(-n2cc(C=O)c(-c3ccccn3)n2)c1. The fraction of sp³-hybridized carbons (Fsp3) is 0.0625. The molecule has 21 heavy (non-hydrogen) atoms. The monoisotopic (exact) mass is 279 g/mol. The lowest BCUT2D eigenvalue weighted by molar-refractivity contribution is 0.112. The molecule has 3 aromatic rings. The van der Waals surface area contributed by atoms with Gasteiger partial charge in [0.05, 0.1) is 24.1 Å². The molecule has 0 amide bonds. The summed E-state index contributed by atoms with van der Waals surface area (Å²) in [5, 5.41) is 4.46.